The number of hydrogen-bond donors (Lipinski definition) is 1. The summed E-state index contributed by atoms with van der Waals surface area (Å²) in [5.41, 5.74) is 0. The van der Waals surface area contributed by atoms with Crippen molar-refractivity contribution in [2.75, 3.05) is 38.6 Å². The summed E-state index contributed by atoms with van der Waals surface area (Å²) >= 11 is 0. The van der Waals surface area contributed by atoms with Crippen LogP contribution in [0.4, 0.5) is 5.82 Å². The van der Waals surface area contributed by atoms with Gasteiger partial charge in [0.15, 0.2) is 0 Å². The van der Waals surface area contributed by atoms with Crippen molar-refractivity contribution in [1.29, 1.82) is 0 Å². The van der Waals surface area contributed by atoms with Crippen LogP contribution in [0.3, 0.4) is 0 Å². The van der Waals surface area contributed by atoms with Gasteiger partial charge in [-0.1, -0.05) is 39.0 Å². The van der Waals surface area contributed by atoms with E-state index in [9.17, 15) is 0 Å². The Bertz CT molecular complexity index is 293. The van der Waals surface area contributed by atoms with Gasteiger partial charge in [-0.05, 0) is 32.6 Å². The lowest BCUT2D eigenvalue weighted by Gasteiger charge is -2.25. The molecule has 0 atom stereocenters. The number of likely N-dealkylation sites (N-methyl/N-ethyl adjacent to an activating group) is 1. The molecular formula is C16H31N3. The molecule has 19 heavy (non-hydrogen) atoms. The molecule has 0 spiro atoms. The molecule has 1 heterocycles. The smallest absolute Gasteiger partial charge is 0.105 e. The predicted octanol–water partition coefficient (Wildman–Crippen LogP) is 3.74. The molecule has 0 fully saturated rings. The van der Waals surface area contributed by atoms with Gasteiger partial charge in [0.2, 0.25) is 0 Å². The summed E-state index contributed by atoms with van der Waals surface area (Å²) in [6.07, 6.45) is 10.2. The molecule has 110 valence electrons. The Hall–Kier alpha value is -0.960. The number of aromatic amines is 1. The lowest BCUT2D eigenvalue weighted by molar-refractivity contribution is 0.411. The fraction of sp³-hybridized carbons (Fsp3) is 0.750. The third-order valence-corrected chi connectivity index (χ3v) is 3.52. The summed E-state index contributed by atoms with van der Waals surface area (Å²) in [6, 6.07) is 4.26. The minimum Gasteiger partial charge on any atom is -0.357 e. The van der Waals surface area contributed by atoms with Gasteiger partial charge in [0, 0.05) is 25.8 Å². The molecule has 0 aliphatic carbocycles. The molecule has 1 aromatic rings. The number of hydrogen-bond acceptors (Lipinski definition) is 2. The second kappa shape index (κ2) is 9.90. The zero-order chi connectivity index (χ0) is 13.9. The number of aromatic nitrogens is 1. The zero-order valence-electron chi connectivity index (χ0n) is 13.0. The van der Waals surface area contributed by atoms with Gasteiger partial charge in [-0.3, -0.25) is 0 Å². The van der Waals surface area contributed by atoms with Crippen LogP contribution in [0, 0.1) is 0 Å². The molecule has 1 rings (SSSR count). The molecule has 1 N–H and O–H groups in total. The van der Waals surface area contributed by atoms with Gasteiger partial charge in [-0.15, -0.1) is 0 Å². The molecule has 0 amide bonds. The molecular weight excluding hydrogens is 234 g/mol. The van der Waals surface area contributed by atoms with Gasteiger partial charge < -0.3 is 14.8 Å². The summed E-state index contributed by atoms with van der Waals surface area (Å²) in [5.74, 6) is 1.26. The van der Waals surface area contributed by atoms with Crippen LogP contribution in [0.25, 0.3) is 0 Å². The van der Waals surface area contributed by atoms with Crippen molar-refractivity contribution in [1.82, 2.24) is 9.88 Å². The lowest BCUT2D eigenvalue weighted by Crippen LogP contribution is -2.32. The van der Waals surface area contributed by atoms with E-state index in [0.29, 0.717) is 0 Å². The maximum absolute atomic E-state index is 3.33. The highest BCUT2D eigenvalue weighted by Crippen LogP contribution is 2.12. The van der Waals surface area contributed by atoms with E-state index in [-0.39, 0.29) is 0 Å². The van der Waals surface area contributed by atoms with Crippen molar-refractivity contribution in [3.05, 3.63) is 18.3 Å². The third kappa shape index (κ3) is 7.26. The largest absolute Gasteiger partial charge is 0.357 e. The predicted molar refractivity (Wildman–Crippen MR) is 84.9 cm³/mol. The number of unbranched alkanes of at least 4 members (excludes halogenated alkanes) is 5. The van der Waals surface area contributed by atoms with Crippen LogP contribution < -0.4 is 4.90 Å². The highest BCUT2D eigenvalue weighted by Gasteiger charge is 2.07. The van der Waals surface area contributed by atoms with Crippen LogP contribution in [0.5, 0.6) is 0 Å². The van der Waals surface area contributed by atoms with Gasteiger partial charge in [-0.2, -0.15) is 0 Å². The fourth-order valence-corrected chi connectivity index (χ4v) is 2.27. The minimum atomic E-state index is 1.10. The highest BCUT2D eigenvalue weighted by molar-refractivity contribution is 5.38. The molecule has 0 saturated carbocycles. The van der Waals surface area contributed by atoms with Gasteiger partial charge in [0.25, 0.3) is 0 Å². The first kappa shape index (κ1) is 16.1. The summed E-state index contributed by atoms with van der Waals surface area (Å²) < 4.78 is 0. The van der Waals surface area contributed by atoms with Crippen LogP contribution >= 0.6 is 0 Å². The molecule has 3 heteroatoms. The standard InChI is InChI=1S/C16H31N3/c1-4-5-6-7-8-9-13-19(15-14-18(2)3)16-11-10-12-17-16/h10-12,17H,4-9,13-15H2,1-3H3. The molecule has 0 aromatic carbocycles. The van der Waals surface area contributed by atoms with E-state index in [4.69, 9.17) is 0 Å². The number of nitrogens with zero attached hydrogens (tertiary/aromatic N) is 2. The topological polar surface area (TPSA) is 22.3 Å². The Morgan fingerprint density at radius 2 is 1.68 bits per heavy atom. The van der Waals surface area contributed by atoms with Crippen molar-refractivity contribution >= 4 is 5.82 Å². The SMILES string of the molecule is CCCCCCCCN(CCN(C)C)c1ccc[nH]1. The quantitative estimate of drug-likeness (QED) is 0.616. The van der Waals surface area contributed by atoms with E-state index >= 15 is 0 Å². The first-order valence-electron chi connectivity index (χ1n) is 7.77. The Morgan fingerprint density at radius 3 is 2.32 bits per heavy atom. The molecule has 0 radical (unpaired) electrons. The molecule has 0 bridgehead atoms. The van der Waals surface area contributed by atoms with Crippen molar-refractivity contribution in [3.8, 4) is 0 Å². The molecule has 0 aliphatic heterocycles. The van der Waals surface area contributed by atoms with Gasteiger partial charge in [-0.25, -0.2) is 0 Å². The number of H-pyrrole nitrogens is 1. The summed E-state index contributed by atoms with van der Waals surface area (Å²) in [6.45, 7) is 5.64. The minimum absolute atomic E-state index is 1.10. The summed E-state index contributed by atoms with van der Waals surface area (Å²) in [5, 5.41) is 0. The van der Waals surface area contributed by atoms with Crippen molar-refractivity contribution in [2.45, 2.75) is 45.4 Å². The molecule has 1 aromatic heterocycles. The van der Waals surface area contributed by atoms with E-state index in [2.05, 4.69) is 47.9 Å². The lowest BCUT2D eigenvalue weighted by atomic mass is 10.1. The van der Waals surface area contributed by atoms with E-state index in [0.717, 1.165) is 13.1 Å². The second-order valence-corrected chi connectivity index (χ2v) is 5.61. The average Bonchev–Trinajstić information content (AvgIpc) is 2.90. The number of nitrogens with one attached hydrogen (secondary N) is 1. The summed E-state index contributed by atoms with van der Waals surface area (Å²) in [7, 11) is 4.27. The molecule has 0 aliphatic rings. The Morgan fingerprint density at radius 1 is 0.947 bits per heavy atom. The van der Waals surface area contributed by atoms with Gasteiger partial charge in [0.1, 0.15) is 5.82 Å². The maximum Gasteiger partial charge on any atom is 0.105 e. The van der Waals surface area contributed by atoms with Crippen molar-refractivity contribution in [2.24, 2.45) is 0 Å². The maximum atomic E-state index is 3.33. The van der Waals surface area contributed by atoms with E-state index in [1.54, 1.807) is 0 Å². The van der Waals surface area contributed by atoms with Gasteiger partial charge >= 0.3 is 0 Å². The number of anilines is 1. The normalized spacial score (nSPS) is 11.2. The molecule has 0 saturated heterocycles. The van der Waals surface area contributed by atoms with E-state index in [1.165, 1.54) is 50.9 Å². The fourth-order valence-electron chi connectivity index (χ4n) is 2.27. The van der Waals surface area contributed by atoms with Crippen LogP contribution in [0.1, 0.15) is 45.4 Å². The second-order valence-electron chi connectivity index (χ2n) is 5.61. The number of rotatable bonds is 11. The summed E-state index contributed by atoms with van der Waals surface area (Å²) in [4.78, 5) is 8.05. The molecule has 3 nitrogen and oxygen atoms in total. The van der Waals surface area contributed by atoms with E-state index in [1.807, 2.05) is 6.20 Å². The van der Waals surface area contributed by atoms with Gasteiger partial charge in [0.05, 0.1) is 0 Å². The van der Waals surface area contributed by atoms with Crippen molar-refractivity contribution < 1.29 is 0 Å². The highest BCUT2D eigenvalue weighted by atomic mass is 15.2. The third-order valence-electron chi connectivity index (χ3n) is 3.52. The Balaban J connectivity index is 2.25. The van der Waals surface area contributed by atoms with Crippen LogP contribution in [0.15, 0.2) is 18.3 Å². The monoisotopic (exact) mass is 265 g/mol. The van der Waals surface area contributed by atoms with Crippen LogP contribution in [0.2, 0.25) is 0 Å². The zero-order valence-corrected chi connectivity index (χ0v) is 13.0. The van der Waals surface area contributed by atoms with E-state index < -0.39 is 0 Å². The molecule has 0 unspecified atom stereocenters. The first-order chi connectivity index (χ1) is 9.24. The first-order valence-corrected chi connectivity index (χ1v) is 7.77. The Labute approximate surface area is 119 Å². The average molecular weight is 265 g/mol. The van der Waals surface area contributed by atoms with Crippen LogP contribution in [-0.2, 0) is 0 Å². The van der Waals surface area contributed by atoms with Crippen molar-refractivity contribution in [3.63, 3.8) is 0 Å². The van der Waals surface area contributed by atoms with Crippen LogP contribution in [-0.4, -0.2) is 43.6 Å². The Kier molecular flexibility index (Phi) is 8.39.